The largest absolute Gasteiger partial charge is 0.398 e. The molecule has 3 nitrogen and oxygen atoms in total. The number of carbonyl (C=O) groups excluding carboxylic acids is 1. The Kier molecular flexibility index (Phi) is 4.99. The van der Waals surface area contributed by atoms with E-state index in [1.807, 2.05) is 49.1 Å². The summed E-state index contributed by atoms with van der Waals surface area (Å²) in [5, 5.41) is 0. The van der Waals surface area contributed by atoms with Crippen LogP contribution in [0.1, 0.15) is 28.4 Å². The SMILES string of the molecule is CCN(CCc1ccccc1)C(=O)c1cc(C)ccc1N. The molecule has 0 aliphatic carbocycles. The van der Waals surface area contributed by atoms with Crippen molar-refractivity contribution >= 4 is 11.6 Å². The van der Waals surface area contributed by atoms with Crippen molar-refractivity contribution in [2.45, 2.75) is 20.3 Å². The normalized spacial score (nSPS) is 10.4. The van der Waals surface area contributed by atoms with Crippen LogP contribution in [-0.2, 0) is 6.42 Å². The molecule has 21 heavy (non-hydrogen) atoms. The Morgan fingerprint density at radius 2 is 1.86 bits per heavy atom. The standard InChI is InChI=1S/C18H22N2O/c1-3-20(12-11-15-7-5-4-6-8-15)18(21)16-13-14(2)9-10-17(16)19/h4-10,13H,3,11-12,19H2,1-2H3. The van der Waals surface area contributed by atoms with Gasteiger partial charge in [-0.1, -0.05) is 42.0 Å². The molecule has 0 atom stereocenters. The summed E-state index contributed by atoms with van der Waals surface area (Å²) in [6.07, 6.45) is 0.853. The second kappa shape index (κ2) is 6.93. The van der Waals surface area contributed by atoms with Crippen LogP contribution in [-0.4, -0.2) is 23.9 Å². The molecule has 2 N–H and O–H groups in total. The van der Waals surface area contributed by atoms with Crippen LogP contribution in [0.25, 0.3) is 0 Å². The number of nitrogen functional groups attached to an aromatic ring is 1. The lowest BCUT2D eigenvalue weighted by Gasteiger charge is -2.22. The van der Waals surface area contributed by atoms with E-state index in [0.29, 0.717) is 24.3 Å². The van der Waals surface area contributed by atoms with Crippen molar-refractivity contribution < 1.29 is 4.79 Å². The summed E-state index contributed by atoms with van der Waals surface area (Å²) in [6, 6.07) is 15.8. The van der Waals surface area contributed by atoms with Crippen LogP contribution < -0.4 is 5.73 Å². The topological polar surface area (TPSA) is 46.3 Å². The molecule has 0 radical (unpaired) electrons. The van der Waals surface area contributed by atoms with E-state index in [2.05, 4.69) is 12.1 Å². The first-order chi connectivity index (χ1) is 10.1. The average molecular weight is 282 g/mol. The van der Waals surface area contributed by atoms with E-state index in [0.717, 1.165) is 12.0 Å². The molecule has 0 spiro atoms. The smallest absolute Gasteiger partial charge is 0.255 e. The third kappa shape index (κ3) is 3.85. The molecule has 2 aromatic rings. The number of hydrogen-bond donors (Lipinski definition) is 1. The van der Waals surface area contributed by atoms with E-state index in [9.17, 15) is 4.79 Å². The number of aryl methyl sites for hydroxylation is 1. The van der Waals surface area contributed by atoms with Gasteiger partial charge in [0.1, 0.15) is 0 Å². The van der Waals surface area contributed by atoms with Crippen molar-refractivity contribution in [3.05, 3.63) is 65.2 Å². The molecule has 0 saturated heterocycles. The molecule has 0 aromatic heterocycles. The number of amides is 1. The average Bonchev–Trinajstić information content (AvgIpc) is 2.51. The highest BCUT2D eigenvalue weighted by Crippen LogP contribution is 2.16. The van der Waals surface area contributed by atoms with E-state index in [-0.39, 0.29) is 5.91 Å². The second-order valence-corrected chi connectivity index (χ2v) is 5.21. The monoisotopic (exact) mass is 282 g/mol. The fourth-order valence-corrected chi connectivity index (χ4v) is 2.34. The van der Waals surface area contributed by atoms with E-state index < -0.39 is 0 Å². The molecular formula is C18H22N2O. The van der Waals surface area contributed by atoms with Gasteiger partial charge >= 0.3 is 0 Å². The number of likely N-dealkylation sites (N-methyl/N-ethyl adjacent to an activating group) is 1. The number of benzene rings is 2. The fourth-order valence-electron chi connectivity index (χ4n) is 2.34. The summed E-state index contributed by atoms with van der Waals surface area (Å²) in [5.74, 6) is 0.00892. The highest BCUT2D eigenvalue weighted by Gasteiger charge is 2.16. The summed E-state index contributed by atoms with van der Waals surface area (Å²) < 4.78 is 0. The molecule has 110 valence electrons. The summed E-state index contributed by atoms with van der Waals surface area (Å²) in [5.41, 5.74) is 9.37. The van der Waals surface area contributed by atoms with Gasteiger partial charge in [-0.2, -0.15) is 0 Å². The first-order valence-electron chi connectivity index (χ1n) is 7.31. The van der Waals surface area contributed by atoms with Gasteiger partial charge in [-0.05, 0) is 38.0 Å². The van der Waals surface area contributed by atoms with Gasteiger partial charge in [-0.15, -0.1) is 0 Å². The van der Waals surface area contributed by atoms with Crippen LogP contribution in [0.5, 0.6) is 0 Å². The maximum Gasteiger partial charge on any atom is 0.255 e. The zero-order valence-electron chi connectivity index (χ0n) is 12.7. The van der Waals surface area contributed by atoms with Crippen LogP contribution in [0.2, 0.25) is 0 Å². The first-order valence-corrected chi connectivity index (χ1v) is 7.31. The first kappa shape index (κ1) is 15.1. The van der Waals surface area contributed by atoms with E-state index in [1.54, 1.807) is 6.07 Å². The predicted octanol–water partition coefficient (Wildman–Crippen LogP) is 3.28. The lowest BCUT2D eigenvalue weighted by atomic mass is 10.1. The quantitative estimate of drug-likeness (QED) is 0.855. The minimum atomic E-state index is 0.00892. The summed E-state index contributed by atoms with van der Waals surface area (Å²) >= 11 is 0. The zero-order valence-corrected chi connectivity index (χ0v) is 12.7. The van der Waals surface area contributed by atoms with Crippen molar-refractivity contribution in [3.63, 3.8) is 0 Å². The molecular weight excluding hydrogens is 260 g/mol. The van der Waals surface area contributed by atoms with Crippen LogP contribution in [0.3, 0.4) is 0 Å². The van der Waals surface area contributed by atoms with E-state index in [4.69, 9.17) is 5.73 Å². The lowest BCUT2D eigenvalue weighted by Crippen LogP contribution is -2.33. The van der Waals surface area contributed by atoms with Gasteiger partial charge in [-0.3, -0.25) is 4.79 Å². The molecule has 0 aliphatic heterocycles. The van der Waals surface area contributed by atoms with Gasteiger partial charge in [0.2, 0.25) is 0 Å². The Hall–Kier alpha value is -2.29. The molecule has 0 saturated carbocycles. The highest BCUT2D eigenvalue weighted by molar-refractivity contribution is 5.99. The number of nitrogens with zero attached hydrogens (tertiary/aromatic N) is 1. The van der Waals surface area contributed by atoms with Crippen molar-refractivity contribution in [3.8, 4) is 0 Å². The summed E-state index contributed by atoms with van der Waals surface area (Å²) in [6.45, 7) is 5.34. The molecule has 0 bridgehead atoms. The molecule has 1 amide bonds. The van der Waals surface area contributed by atoms with E-state index >= 15 is 0 Å². The molecule has 0 fully saturated rings. The zero-order chi connectivity index (χ0) is 15.2. The van der Waals surface area contributed by atoms with Gasteiger partial charge in [0.15, 0.2) is 0 Å². The minimum absolute atomic E-state index is 0.00892. The number of hydrogen-bond acceptors (Lipinski definition) is 2. The van der Waals surface area contributed by atoms with Gasteiger partial charge in [-0.25, -0.2) is 0 Å². The maximum atomic E-state index is 12.6. The van der Waals surface area contributed by atoms with Crippen molar-refractivity contribution in [1.29, 1.82) is 0 Å². The second-order valence-electron chi connectivity index (χ2n) is 5.21. The van der Waals surface area contributed by atoms with Crippen LogP contribution in [0, 0.1) is 6.92 Å². The van der Waals surface area contributed by atoms with Gasteiger partial charge in [0.05, 0.1) is 5.56 Å². The van der Waals surface area contributed by atoms with Crippen LogP contribution in [0.15, 0.2) is 48.5 Å². The van der Waals surface area contributed by atoms with Crippen molar-refractivity contribution in [2.75, 3.05) is 18.8 Å². The molecule has 0 aliphatic rings. The van der Waals surface area contributed by atoms with Crippen molar-refractivity contribution in [2.24, 2.45) is 0 Å². The maximum absolute atomic E-state index is 12.6. The predicted molar refractivity (Wildman–Crippen MR) is 87.3 cm³/mol. The van der Waals surface area contributed by atoms with Crippen LogP contribution in [0.4, 0.5) is 5.69 Å². The third-order valence-corrected chi connectivity index (χ3v) is 3.62. The Morgan fingerprint density at radius 1 is 1.14 bits per heavy atom. The molecule has 0 heterocycles. The Morgan fingerprint density at radius 3 is 2.52 bits per heavy atom. The Balaban J connectivity index is 2.10. The van der Waals surface area contributed by atoms with Crippen molar-refractivity contribution in [1.82, 2.24) is 4.90 Å². The lowest BCUT2D eigenvalue weighted by molar-refractivity contribution is 0.0767. The van der Waals surface area contributed by atoms with Gasteiger partial charge in [0, 0.05) is 18.8 Å². The summed E-state index contributed by atoms with van der Waals surface area (Å²) in [4.78, 5) is 14.5. The third-order valence-electron chi connectivity index (χ3n) is 3.62. The van der Waals surface area contributed by atoms with Gasteiger partial charge in [0.25, 0.3) is 5.91 Å². The number of carbonyl (C=O) groups is 1. The number of anilines is 1. The summed E-state index contributed by atoms with van der Waals surface area (Å²) in [7, 11) is 0. The van der Waals surface area contributed by atoms with Crippen LogP contribution >= 0.6 is 0 Å². The number of nitrogens with two attached hydrogens (primary N) is 1. The highest BCUT2D eigenvalue weighted by atomic mass is 16.2. The van der Waals surface area contributed by atoms with E-state index in [1.165, 1.54) is 5.56 Å². The fraction of sp³-hybridized carbons (Fsp3) is 0.278. The molecule has 3 heteroatoms. The molecule has 0 unspecified atom stereocenters. The Labute approximate surface area is 126 Å². The minimum Gasteiger partial charge on any atom is -0.398 e. The van der Waals surface area contributed by atoms with Gasteiger partial charge < -0.3 is 10.6 Å². The number of rotatable bonds is 5. The Bertz CT molecular complexity index is 608. The molecule has 2 rings (SSSR count). The molecule has 2 aromatic carbocycles.